The predicted molar refractivity (Wildman–Crippen MR) is 117 cm³/mol. The molecule has 8 nitrogen and oxygen atoms in total. The summed E-state index contributed by atoms with van der Waals surface area (Å²) in [5.41, 5.74) is 6.59. The number of allylic oxidation sites excluding steroid dienone is 2. The van der Waals surface area contributed by atoms with Crippen molar-refractivity contribution >= 4 is 51.5 Å². The van der Waals surface area contributed by atoms with E-state index in [0.29, 0.717) is 16.4 Å². The molecule has 3 aliphatic rings. The minimum atomic E-state index is -1.10. The first-order chi connectivity index (χ1) is 14.0. The standard InChI is InChI=1S/C21H21IN2O6/c1-24(2)11-6-10(22)17(26)15-9(11)4-7-3-8-5-12(25)16(21(23)30)20(29)14(8)18(27)13(7)19(15)28/h6-8,14,26,28-29H,3-5H2,1-2H3,(H2,23,30)/t7-,8+,14?/m1/s1. The molecule has 30 heavy (non-hydrogen) atoms. The number of anilines is 1. The van der Waals surface area contributed by atoms with Crippen molar-refractivity contribution in [3.8, 4) is 5.75 Å². The average molecular weight is 524 g/mol. The Labute approximate surface area is 186 Å². The summed E-state index contributed by atoms with van der Waals surface area (Å²) in [7, 11) is 3.71. The van der Waals surface area contributed by atoms with E-state index >= 15 is 0 Å². The molecule has 9 heteroatoms. The number of carbonyl (C=O) groups is 3. The number of carbonyl (C=O) groups excluding carboxylic acids is 3. The lowest BCUT2D eigenvalue weighted by Crippen LogP contribution is -2.44. The van der Waals surface area contributed by atoms with E-state index in [1.165, 1.54) is 0 Å². The summed E-state index contributed by atoms with van der Waals surface area (Å²) in [6.45, 7) is 0. The third kappa shape index (κ3) is 2.82. The van der Waals surface area contributed by atoms with E-state index in [9.17, 15) is 29.7 Å². The molecule has 0 radical (unpaired) electrons. The van der Waals surface area contributed by atoms with Crippen LogP contribution in [0.4, 0.5) is 5.69 Å². The Morgan fingerprint density at radius 3 is 2.47 bits per heavy atom. The molecule has 0 spiro atoms. The highest BCUT2D eigenvalue weighted by atomic mass is 127. The Morgan fingerprint density at radius 2 is 1.87 bits per heavy atom. The van der Waals surface area contributed by atoms with E-state index in [1.54, 1.807) is 0 Å². The lowest BCUT2D eigenvalue weighted by molar-refractivity contribution is -0.127. The number of ketones is 2. The molecule has 0 aliphatic heterocycles. The predicted octanol–water partition coefficient (Wildman–Crippen LogP) is 1.98. The van der Waals surface area contributed by atoms with Crippen molar-refractivity contribution < 1.29 is 29.7 Å². The van der Waals surface area contributed by atoms with Crippen LogP contribution < -0.4 is 10.6 Å². The summed E-state index contributed by atoms with van der Waals surface area (Å²) in [6, 6.07) is 1.82. The molecule has 1 fully saturated rings. The number of benzene rings is 1. The van der Waals surface area contributed by atoms with Gasteiger partial charge in [0.05, 0.1) is 15.1 Å². The zero-order chi connectivity index (χ0) is 22.1. The van der Waals surface area contributed by atoms with Gasteiger partial charge in [-0.25, -0.2) is 0 Å². The number of aromatic hydroxyl groups is 1. The fourth-order valence-corrected chi connectivity index (χ4v) is 5.62. The van der Waals surface area contributed by atoms with Crippen molar-refractivity contribution in [2.75, 3.05) is 19.0 Å². The third-order valence-electron chi connectivity index (χ3n) is 6.30. The lowest BCUT2D eigenvalue weighted by atomic mass is 9.61. The van der Waals surface area contributed by atoms with Gasteiger partial charge in [0.2, 0.25) is 0 Å². The van der Waals surface area contributed by atoms with Gasteiger partial charge < -0.3 is 26.0 Å². The number of amides is 1. The van der Waals surface area contributed by atoms with Crippen LogP contribution >= 0.6 is 22.6 Å². The van der Waals surface area contributed by atoms with E-state index in [2.05, 4.69) is 0 Å². The zero-order valence-corrected chi connectivity index (χ0v) is 18.6. The van der Waals surface area contributed by atoms with E-state index in [-0.39, 0.29) is 35.0 Å². The maximum absolute atomic E-state index is 13.3. The van der Waals surface area contributed by atoms with Crippen molar-refractivity contribution in [2.45, 2.75) is 19.3 Å². The SMILES string of the molecule is CN(C)c1cc(I)c(O)c2c1C[C@H]1C[C@H]3CC(=O)C(C(N)=O)=C(O)C3C(=O)C1=C2O. The van der Waals surface area contributed by atoms with Gasteiger partial charge in [-0.3, -0.25) is 14.4 Å². The molecule has 158 valence electrons. The van der Waals surface area contributed by atoms with Crippen LogP contribution in [0.5, 0.6) is 5.75 Å². The first kappa shape index (κ1) is 20.7. The van der Waals surface area contributed by atoms with Crippen molar-refractivity contribution in [1.82, 2.24) is 0 Å². The van der Waals surface area contributed by atoms with Gasteiger partial charge in [0.1, 0.15) is 22.8 Å². The Kier molecular flexibility index (Phi) is 4.83. The van der Waals surface area contributed by atoms with Crippen LogP contribution in [0, 0.1) is 21.3 Å². The summed E-state index contributed by atoms with van der Waals surface area (Å²) in [4.78, 5) is 39.2. The number of Topliss-reactive ketones (excluding diaryl/α,β-unsaturated/α-hetero) is 2. The van der Waals surface area contributed by atoms with E-state index in [4.69, 9.17) is 5.73 Å². The molecule has 0 heterocycles. The molecular weight excluding hydrogens is 503 g/mol. The normalized spacial score (nSPS) is 25.6. The van der Waals surface area contributed by atoms with E-state index < -0.39 is 40.6 Å². The van der Waals surface area contributed by atoms with E-state index in [0.717, 1.165) is 11.3 Å². The molecule has 5 N–H and O–H groups in total. The monoisotopic (exact) mass is 524 g/mol. The highest BCUT2D eigenvalue weighted by Gasteiger charge is 2.51. The molecule has 0 aromatic heterocycles. The van der Waals surface area contributed by atoms with Gasteiger partial charge >= 0.3 is 0 Å². The Balaban J connectivity index is 1.92. The van der Waals surface area contributed by atoms with Gasteiger partial charge in [0, 0.05) is 31.8 Å². The summed E-state index contributed by atoms with van der Waals surface area (Å²) < 4.78 is 0.531. The van der Waals surface area contributed by atoms with Crippen molar-refractivity contribution in [1.29, 1.82) is 0 Å². The number of hydrogen-bond donors (Lipinski definition) is 4. The minimum absolute atomic E-state index is 0.0609. The number of primary amides is 1. The molecule has 0 bridgehead atoms. The first-order valence-corrected chi connectivity index (χ1v) is 10.6. The summed E-state index contributed by atoms with van der Waals surface area (Å²) in [6.07, 6.45) is 0.730. The van der Waals surface area contributed by atoms with E-state index in [1.807, 2.05) is 47.7 Å². The Hall–Kier alpha value is -2.56. The van der Waals surface area contributed by atoms with Crippen LogP contribution in [0.3, 0.4) is 0 Å². The summed E-state index contributed by atoms with van der Waals surface area (Å²) in [5.74, 6) is -5.13. The van der Waals surface area contributed by atoms with Crippen LogP contribution in [-0.2, 0) is 20.8 Å². The number of halogens is 1. The summed E-state index contributed by atoms with van der Waals surface area (Å²) in [5, 5.41) is 32.2. The fraction of sp³-hybridized carbons (Fsp3) is 0.381. The van der Waals surface area contributed by atoms with Gasteiger partial charge in [-0.1, -0.05) is 0 Å². The zero-order valence-electron chi connectivity index (χ0n) is 16.4. The number of nitrogens with two attached hydrogens (primary N) is 1. The minimum Gasteiger partial charge on any atom is -0.511 e. The van der Waals surface area contributed by atoms with Crippen molar-refractivity contribution in [2.24, 2.45) is 23.5 Å². The van der Waals surface area contributed by atoms with Crippen LogP contribution in [0.1, 0.15) is 24.0 Å². The van der Waals surface area contributed by atoms with Crippen LogP contribution in [0.15, 0.2) is 23.0 Å². The number of rotatable bonds is 2. The van der Waals surface area contributed by atoms with Crippen LogP contribution in [0.2, 0.25) is 0 Å². The largest absolute Gasteiger partial charge is 0.511 e. The average Bonchev–Trinajstić information content (AvgIpc) is 2.63. The Bertz CT molecular complexity index is 1090. The highest BCUT2D eigenvalue weighted by Crippen LogP contribution is 2.52. The second-order valence-electron chi connectivity index (χ2n) is 8.23. The highest BCUT2D eigenvalue weighted by molar-refractivity contribution is 14.1. The molecule has 1 unspecified atom stereocenters. The number of hydrogen-bond acceptors (Lipinski definition) is 7. The number of phenolic OH excluding ortho intramolecular Hbond substituents is 1. The molecule has 1 aromatic carbocycles. The number of fused-ring (bicyclic) bond motifs is 3. The maximum atomic E-state index is 13.3. The van der Waals surface area contributed by atoms with Gasteiger partial charge in [0.15, 0.2) is 11.6 Å². The lowest BCUT2D eigenvalue weighted by Gasteiger charge is -2.41. The number of aliphatic hydroxyl groups is 2. The molecular formula is C21H21IN2O6. The third-order valence-corrected chi connectivity index (χ3v) is 7.12. The van der Waals surface area contributed by atoms with Crippen molar-refractivity contribution in [3.05, 3.63) is 37.7 Å². The quantitative estimate of drug-likeness (QED) is 0.343. The smallest absolute Gasteiger partial charge is 0.255 e. The fourth-order valence-electron chi connectivity index (χ4n) is 5.06. The van der Waals surface area contributed by atoms with Crippen LogP contribution in [0.25, 0.3) is 5.76 Å². The molecule has 1 saturated carbocycles. The number of phenols is 1. The van der Waals surface area contributed by atoms with Gasteiger partial charge in [-0.15, -0.1) is 0 Å². The Morgan fingerprint density at radius 1 is 1.20 bits per heavy atom. The number of aliphatic hydroxyl groups excluding tert-OH is 2. The second kappa shape index (κ2) is 7.00. The van der Waals surface area contributed by atoms with Gasteiger partial charge in [-0.2, -0.15) is 0 Å². The molecule has 3 aliphatic carbocycles. The molecule has 1 amide bonds. The molecule has 4 rings (SSSR count). The second-order valence-corrected chi connectivity index (χ2v) is 9.39. The first-order valence-electron chi connectivity index (χ1n) is 9.50. The number of nitrogens with zero attached hydrogens (tertiary/aromatic N) is 1. The maximum Gasteiger partial charge on any atom is 0.255 e. The summed E-state index contributed by atoms with van der Waals surface area (Å²) >= 11 is 1.97. The van der Waals surface area contributed by atoms with Gasteiger partial charge in [-0.05, 0) is 58.9 Å². The topological polar surface area (TPSA) is 141 Å². The molecule has 3 atom stereocenters. The van der Waals surface area contributed by atoms with Gasteiger partial charge in [0.25, 0.3) is 5.91 Å². The molecule has 0 saturated heterocycles. The molecule has 1 aromatic rings. The van der Waals surface area contributed by atoms with Crippen molar-refractivity contribution in [3.63, 3.8) is 0 Å². The van der Waals surface area contributed by atoms with Crippen LogP contribution in [-0.4, -0.2) is 46.9 Å².